The number of rotatable bonds is 6. The molecule has 0 aromatic heterocycles. The number of aliphatic carboxylic acids is 1. The van der Waals surface area contributed by atoms with Gasteiger partial charge in [-0.05, 0) is 0 Å². The molecule has 0 radical (unpaired) electrons. The minimum Gasteiger partial charge on any atom is -0.480 e. The Balaban J connectivity index is 4.31. The quantitative estimate of drug-likeness (QED) is 0.401. The zero-order valence-corrected chi connectivity index (χ0v) is 7.84. The smallest absolute Gasteiger partial charge is 0.324 e. The van der Waals surface area contributed by atoms with Crippen LogP contribution in [0.4, 0.5) is 0 Å². The van der Waals surface area contributed by atoms with Crippen molar-refractivity contribution < 1.29 is 23.4 Å². The predicted octanol–water partition coefficient (Wildman–Crippen LogP) is -2.12. The molecule has 0 aliphatic heterocycles. The highest BCUT2D eigenvalue weighted by molar-refractivity contribution is 7.87. The van der Waals surface area contributed by atoms with Crippen molar-refractivity contribution in [1.29, 1.82) is 0 Å². The number of aliphatic hydroxyl groups is 1. The van der Waals surface area contributed by atoms with Gasteiger partial charge in [-0.15, -0.1) is 0 Å². The van der Waals surface area contributed by atoms with Gasteiger partial charge in [-0.2, -0.15) is 13.1 Å². The highest BCUT2D eigenvalue weighted by Crippen LogP contribution is 1.86. The minimum atomic E-state index is -3.83. The molecule has 0 aromatic rings. The Hall–Kier alpha value is -0.700. The van der Waals surface area contributed by atoms with Crippen LogP contribution in [0.25, 0.3) is 0 Å². The van der Waals surface area contributed by atoms with Gasteiger partial charge in [0.1, 0.15) is 6.04 Å². The number of hydrogen-bond donors (Lipinski definition) is 4. The molecule has 4 N–H and O–H groups in total. The van der Waals surface area contributed by atoms with Crippen LogP contribution in [0.3, 0.4) is 0 Å². The number of aliphatic hydroxyl groups excluding tert-OH is 1. The minimum absolute atomic E-state index is 0.146. The van der Waals surface area contributed by atoms with Crippen LogP contribution >= 0.6 is 0 Å². The van der Waals surface area contributed by atoms with Gasteiger partial charge in [0.15, 0.2) is 0 Å². The average molecular weight is 212 g/mol. The largest absolute Gasteiger partial charge is 0.480 e. The molecule has 13 heavy (non-hydrogen) atoms. The van der Waals surface area contributed by atoms with Gasteiger partial charge in [-0.3, -0.25) is 4.79 Å². The fourth-order valence-corrected chi connectivity index (χ4v) is 1.60. The lowest BCUT2D eigenvalue weighted by Gasteiger charge is -2.11. The Kier molecular flexibility index (Phi) is 4.85. The summed E-state index contributed by atoms with van der Waals surface area (Å²) in [5.41, 5.74) is 0. The van der Waals surface area contributed by atoms with Gasteiger partial charge < -0.3 is 10.2 Å². The van der Waals surface area contributed by atoms with E-state index in [0.29, 0.717) is 0 Å². The van der Waals surface area contributed by atoms with Gasteiger partial charge in [0, 0.05) is 6.54 Å². The van der Waals surface area contributed by atoms with Crippen molar-refractivity contribution in [2.45, 2.75) is 13.0 Å². The first-order valence-corrected chi connectivity index (χ1v) is 5.01. The van der Waals surface area contributed by atoms with E-state index in [-0.39, 0.29) is 6.54 Å². The van der Waals surface area contributed by atoms with Crippen LogP contribution in [-0.2, 0) is 15.0 Å². The number of nitrogens with one attached hydrogen (secondary N) is 2. The standard InChI is InChI=1S/C5H12N2O5S/c1-2-6-13(11,12)7-4(3-8)5(9)10/h4,6-8H,2-3H2,1H3,(H,9,10)/t4-/m0/s1. The van der Waals surface area contributed by atoms with E-state index in [4.69, 9.17) is 10.2 Å². The molecular formula is C5H12N2O5S. The molecule has 0 fully saturated rings. The van der Waals surface area contributed by atoms with Gasteiger partial charge in [0.05, 0.1) is 6.61 Å². The second-order valence-corrected chi connectivity index (χ2v) is 3.72. The fourth-order valence-electron chi connectivity index (χ4n) is 0.585. The fraction of sp³-hybridized carbons (Fsp3) is 0.800. The Morgan fingerprint density at radius 1 is 1.54 bits per heavy atom. The second-order valence-electron chi connectivity index (χ2n) is 2.19. The summed E-state index contributed by atoms with van der Waals surface area (Å²) in [6, 6.07) is -1.51. The molecule has 0 saturated heterocycles. The van der Waals surface area contributed by atoms with Gasteiger partial charge in [0.25, 0.3) is 10.2 Å². The summed E-state index contributed by atoms with van der Waals surface area (Å²) in [5.74, 6) is -1.43. The maximum atomic E-state index is 10.9. The maximum absolute atomic E-state index is 10.9. The van der Waals surface area contributed by atoms with E-state index in [9.17, 15) is 13.2 Å². The topological polar surface area (TPSA) is 116 Å². The van der Waals surface area contributed by atoms with Gasteiger partial charge in [0.2, 0.25) is 0 Å². The zero-order valence-electron chi connectivity index (χ0n) is 7.02. The molecule has 0 bridgehead atoms. The van der Waals surface area contributed by atoms with Crippen LogP contribution < -0.4 is 9.44 Å². The highest BCUT2D eigenvalue weighted by Gasteiger charge is 2.21. The molecule has 0 unspecified atom stereocenters. The summed E-state index contributed by atoms with van der Waals surface area (Å²) in [6.07, 6.45) is 0. The SMILES string of the molecule is CCNS(=O)(=O)N[C@@H](CO)C(=O)O. The molecule has 8 heteroatoms. The van der Waals surface area contributed by atoms with Crippen molar-refractivity contribution in [3.63, 3.8) is 0 Å². The highest BCUT2D eigenvalue weighted by atomic mass is 32.2. The van der Waals surface area contributed by atoms with Crippen molar-refractivity contribution in [2.24, 2.45) is 0 Å². The molecule has 0 amide bonds. The third-order valence-electron chi connectivity index (χ3n) is 1.11. The molecular weight excluding hydrogens is 200 g/mol. The van der Waals surface area contributed by atoms with E-state index in [1.165, 1.54) is 0 Å². The maximum Gasteiger partial charge on any atom is 0.324 e. The average Bonchev–Trinajstić information content (AvgIpc) is 1.99. The van der Waals surface area contributed by atoms with Crippen molar-refractivity contribution in [1.82, 2.24) is 9.44 Å². The van der Waals surface area contributed by atoms with E-state index in [2.05, 4.69) is 0 Å². The molecule has 0 heterocycles. The van der Waals surface area contributed by atoms with Crippen LogP contribution in [-0.4, -0.2) is 43.8 Å². The zero-order chi connectivity index (χ0) is 10.5. The first-order valence-electron chi connectivity index (χ1n) is 3.53. The van der Waals surface area contributed by atoms with Crippen LogP contribution in [0, 0.1) is 0 Å². The molecule has 0 rings (SSSR count). The molecule has 78 valence electrons. The third-order valence-corrected chi connectivity index (χ3v) is 2.38. The number of carboxylic acid groups (broad SMARTS) is 1. The Labute approximate surface area is 75.9 Å². The van der Waals surface area contributed by atoms with Crippen molar-refractivity contribution >= 4 is 16.2 Å². The first kappa shape index (κ1) is 12.3. The Bertz CT molecular complexity index is 262. The lowest BCUT2D eigenvalue weighted by atomic mass is 10.3. The summed E-state index contributed by atoms with van der Waals surface area (Å²) >= 11 is 0. The van der Waals surface area contributed by atoms with Gasteiger partial charge in [-0.25, -0.2) is 4.72 Å². The summed E-state index contributed by atoms with van der Waals surface area (Å²) in [4.78, 5) is 10.3. The molecule has 0 saturated carbocycles. The lowest BCUT2D eigenvalue weighted by Crippen LogP contribution is -2.48. The van der Waals surface area contributed by atoms with Crippen LogP contribution in [0.5, 0.6) is 0 Å². The van der Waals surface area contributed by atoms with Gasteiger partial charge >= 0.3 is 5.97 Å². The third kappa shape index (κ3) is 4.78. The Morgan fingerprint density at radius 2 is 2.08 bits per heavy atom. The predicted molar refractivity (Wildman–Crippen MR) is 44.2 cm³/mol. The monoisotopic (exact) mass is 212 g/mol. The van der Waals surface area contributed by atoms with Crippen molar-refractivity contribution in [2.75, 3.05) is 13.2 Å². The van der Waals surface area contributed by atoms with Crippen LogP contribution in [0.1, 0.15) is 6.92 Å². The van der Waals surface area contributed by atoms with E-state index < -0.39 is 28.8 Å². The first-order chi connectivity index (χ1) is 5.93. The van der Waals surface area contributed by atoms with E-state index in [1.54, 1.807) is 11.6 Å². The van der Waals surface area contributed by atoms with Crippen LogP contribution in [0.15, 0.2) is 0 Å². The van der Waals surface area contributed by atoms with E-state index in [0.717, 1.165) is 0 Å². The van der Waals surface area contributed by atoms with Crippen molar-refractivity contribution in [3.05, 3.63) is 0 Å². The van der Waals surface area contributed by atoms with E-state index in [1.807, 2.05) is 4.72 Å². The normalized spacial score (nSPS) is 14.0. The summed E-state index contributed by atoms with van der Waals surface area (Å²) in [5, 5.41) is 16.9. The number of carboxylic acids is 1. The van der Waals surface area contributed by atoms with Gasteiger partial charge in [-0.1, -0.05) is 6.92 Å². The molecule has 7 nitrogen and oxygen atoms in total. The molecule has 0 spiro atoms. The number of hydrogen-bond acceptors (Lipinski definition) is 4. The van der Waals surface area contributed by atoms with E-state index >= 15 is 0 Å². The summed E-state index contributed by atoms with van der Waals surface area (Å²) < 4.78 is 25.6. The van der Waals surface area contributed by atoms with Crippen molar-refractivity contribution in [3.8, 4) is 0 Å². The molecule has 0 aromatic carbocycles. The second kappa shape index (κ2) is 5.12. The van der Waals surface area contributed by atoms with Crippen LogP contribution in [0.2, 0.25) is 0 Å². The molecule has 1 atom stereocenters. The molecule has 0 aliphatic rings. The Morgan fingerprint density at radius 3 is 2.38 bits per heavy atom. The summed E-state index contributed by atoms with van der Waals surface area (Å²) in [6.45, 7) is 0.904. The summed E-state index contributed by atoms with van der Waals surface area (Å²) in [7, 11) is -3.83. The number of carbonyl (C=O) groups is 1. The molecule has 0 aliphatic carbocycles. The lowest BCUT2D eigenvalue weighted by molar-refractivity contribution is -0.139.